The summed E-state index contributed by atoms with van der Waals surface area (Å²) in [6, 6.07) is 9.58. The van der Waals surface area contributed by atoms with Crippen LogP contribution < -0.4 is 5.32 Å². The van der Waals surface area contributed by atoms with Gasteiger partial charge in [-0.3, -0.25) is 9.59 Å². The smallest absolute Gasteiger partial charge is 0.318 e. The van der Waals surface area contributed by atoms with Crippen molar-refractivity contribution in [3.05, 3.63) is 35.9 Å². The minimum atomic E-state index is -0.381. The van der Waals surface area contributed by atoms with Crippen LogP contribution in [0, 0.1) is 0 Å². The van der Waals surface area contributed by atoms with Crippen molar-refractivity contribution in [3.8, 4) is 0 Å². The van der Waals surface area contributed by atoms with E-state index in [1.165, 1.54) is 18.9 Å². The highest BCUT2D eigenvalue weighted by molar-refractivity contribution is 8.00. The van der Waals surface area contributed by atoms with Crippen molar-refractivity contribution in [2.24, 2.45) is 0 Å². The number of nitrogens with zero attached hydrogens (tertiary/aromatic N) is 1. The van der Waals surface area contributed by atoms with Gasteiger partial charge in [-0.2, -0.15) is 0 Å². The third-order valence-corrected chi connectivity index (χ3v) is 4.68. The van der Waals surface area contributed by atoms with Crippen molar-refractivity contribution in [2.45, 2.75) is 36.1 Å². The van der Waals surface area contributed by atoms with Crippen molar-refractivity contribution < 1.29 is 14.3 Å². The molecule has 0 aliphatic heterocycles. The molecule has 23 heavy (non-hydrogen) atoms. The molecule has 0 saturated heterocycles. The second kappa shape index (κ2) is 6.58. The number of thioether (sulfide) groups is 1. The molecule has 1 aliphatic carbocycles. The molecule has 1 amide bonds. The molecule has 1 aliphatic rings. The molecule has 1 aromatic carbocycles. The Morgan fingerprint density at radius 1 is 1.35 bits per heavy atom. The van der Waals surface area contributed by atoms with E-state index in [1.54, 1.807) is 13.0 Å². The van der Waals surface area contributed by atoms with Gasteiger partial charge in [0, 0.05) is 11.4 Å². The Labute approximate surface area is 138 Å². The Hall–Kier alpha value is -2.08. The maximum Gasteiger partial charge on any atom is 0.318 e. The van der Waals surface area contributed by atoms with Gasteiger partial charge >= 0.3 is 5.97 Å². The zero-order valence-electron chi connectivity index (χ0n) is 13.0. The second-order valence-electron chi connectivity index (χ2n) is 5.56. The fraction of sp³-hybridized carbons (Fsp3) is 0.353. The van der Waals surface area contributed by atoms with Gasteiger partial charge in [-0.15, -0.1) is 0 Å². The first-order valence-corrected chi connectivity index (χ1v) is 8.41. The highest BCUT2D eigenvalue weighted by atomic mass is 32.2. The maximum absolute atomic E-state index is 12.5. The molecule has 5 nitrogen and oxygen atoms in total. The second-order valence-corrected chi connectivity index (χ2v) is 6.92. The molecule has 0 unspecified atom stereocenters. The zero-order chi connectivity index (χ0) is 16.4. The molecule has 0 spiro atoms. The Balaban J connectivity index is 1.95. The molecule has 1 fully saturated rings. The van der Waals surface area contributed by atoms with Crippen LogP contribution in [0.2, 0.25) is 0 Å². The maximum atomic E-state index is 12.5. The molecule has 2 aromatic rings. The van der Waals surface area contributed by atoms with E-state index in [9.17, 15) is 9.59 Å². The monoisotopic (exact) mass is 330 g/mol. The fourth-order valence-electron chi connectivity index (χ4n) is 2.29. The lowest BCUT2D eigenvalue weighted by Gasteiger charge is -2.12. The van der Waals surface area contributed by atoms with Crippen LogP contribution in [-0.2, 0) is 9.53 Å². The number of ether oxygens (including phenoxy) is 1. The molecule has 1 N–H and O–H groups in total. The van der Waals surface area contributed by atoms with Crippen molar-refractivity contribution in [1.29, 1.82) is 0 Å². The zero-order valence-corrected chi connectivity index (χ0v) is 13.9. The third-order valence-electron chi connectivity index (χ3n) is 3.68. The van der Waals surface area contributed by atoms with Gasteiger partial charge in [-0.1, -0.05) is 30.0 Å². The minimum Gasteiger partial charge on any atom is -0.468 e. The standard InChI is InChI=1S/C17H18N2O3S/c1-10(17(21)22-2)23-15-9-13(16(20)18-11-7-8-11)12-5-3-4-6-14(12)19-15/h3-6,9-11H,7-8H2,1-2H3,(H,18,20)/t10-/m0/s1. The molecule has 120 valence electrons. The number of aromatic nitrogens is 1. The summed E-state index contributed by atoms with van der Waals surface area (Å²) in [5, 5.41) is 4.09. The lowest BCUT2D eigenvalue weighted by Crippen LogP contribution is -2.25. The highest BCUT2D eigenvalue weighted by Crippen LogP contribution is 2.28. The normalized spacial score (nSPS) is 15.2. The van der Waals surface area contributed by atoms with Gasteiger partial charge in [0.15, 0.2) is 0 Å². The summed E-state index contributed by atoms with van der Waals surface area (Å²) in [6.07, 6.45) is 2.07. The van der Waals surface area contributed by atoms with Crippen LogP contribution in [0.15, 0.2) is 35.4 Å². The largest absolute Gasteiger partial charge is 0.468 e. The van der Waals surface area contributed by atoms with E-state index in [4.69, 9.17) is 4.74 Å². The Bertz CT molecular complexity index is 759. The number of hydrogen-bond acceptors (Lipinski definition) is 5. The molecule has 0 bridgehead atoms. The fourth-order valence-corrected chi connectivity index (χ4v) is 3.18. The van der Waals surface area contributed by atoms with Crippen LogP contribution in [-0.4, -0.2) is 35.3 Å². The molecule has 1 aromatic heterocycles. The molecule has 1 heterocycles. The summed E-state index contributed by atoms with van der Waals surface area (Å²) in [7, 11) is 1.36. The SMILES string of the molecule is COC(=O)[C@H](C)Sc1cc(C(=O)NC2CC2)c2ccccc2n1. The summed E-state index contributed by atoms with van der Waals surface area (Å²) in [5.41, 5.74) is 1.34. The van der Waals surface area contributed by atoms with E-state index in [0.29, 0.717) is 16.6 Å². The number of carbonyl (C=O) groups excluding carboxylic acids is 2. The van der Waals surface area contributed by atoms with Crippen molar-refractivity contribution >= 4 is 34.5 Å². The van der Waals surface area contributed by atoms with Gasteiger partial charge in [0.1, 0.15) is 5.25 Å². The first-order valence-electron chi connectivity index (χ1n) is 7.53. The third kappa shape index (κ3) is 3.64. The number of amides is 1. The van der Waals surface area contributed by atoms with Crippen LogP contribution in [0.5, 0.6) is 0 Å². The van der Waals surface area contributed by atoms with Gasteiger partial charge in [-0.05, 0) is 31.9 Å². The molecular weight excluding hydrogens is 312 g/mol. The minimum absolute atomic E-state index is 0.0846. The molecule has 3 rings (SSSR count). The molecule has 1 atom stereocenters. The lowest BCUT2D eigenvalue weighted by atomic mass is 10.1. The van der Waals surface area contributed by atoms with Crippen LogP contribution >= 0.6 is 11.8 Å². The van der Waals surface area contributed by atoms with E-state index in [-0.39, 0.29) is 17.1 Å². The molecule has 0 radical (unpaired) electrons. The Kier molecular flexibility index (Phi) is 4.52. The van der Waals surface area contributed by atoms with E-state index < -0.39 is 0 Å². The number of fused-ring (bicyclic) bond motifs is 1. The summed E-state index contributed by atoms with van der Waals surface area (Å²) < 4.78 is 4.74. The van der Waals surface area contributed by atoms with E-state index in [0.717, 1.165) is 23.7 Å². The van der Waals surface area contributed by atoms with E-state index in [1.807, 2.05) is 24.3 Å². The number of pyridine rings is 1. The van der Waals surface area contributed by atoms with Gasteiger partial charge in [0.05, 0.1) is 23.2 Å². The van der Waals surface area contributed by atoms with Crippen LogP contribution in [0.25, 0.3) is 10.9 Å². The molecule has 1 saturated carbocycles. The number of esters is 1. The highest BCUT2D eigenvalue weighted by Gasteiger charge is 2.25. The summed E-state index contributed by atoms with van der Waals surface area (Å²) >= 11 is 1.29. The number of carbonyl (C=O) groups is 2. The molecular formula is C17H18N2O3S. The Morgan fingerprint density at radius 2 is 2.09 bits per heavy atom. The first-order chi connectivity index (χ1) is 11.1. The van der Waals surface area contributed by atoms with Crippen LogP contribution in [0.4, 0.5) is 0 Å². The first kappa shape index (κ1) is 15.8. The van der Waals surface area contributed by atoms with Gasteiger partial charge in [-0.25, -0.2) is 4.98 Å². The predicted molar refractivity (Wildman–Crippen MR) is 89.6 cm³/mol. The number of benzene rings is 1. The van der Waals surface area contributed by atoms with E-state index in [2.05, 4.69) is 10.3 Å². The van der Waals surface area contributed by atoms with Gasteiger partial charge in [0.25, 0.3) is 5.91 Å². The van der Waals surface area contributed by atoms with Crippen molar-refractivity contribution in [2.75, 3.05) is 7.11 Å². The average molecular weight is 330 g/mol. The Morgan fingerprint density at radius 3 is 2.78 bits per heavy atom. The predicted octanol–water partition coefficient (Wildman–Crippen LogP) is 2.78. The topological polar surface area (TPSA) is 68.3 Å². The molecule has 6 heteroatoms. The van der Waals surface area contributed by atoms with Crippen LogP contribution in [0.3, 0.4) is 0 Å². The quantitative estimate of drug-likeness (QED) is 0.674. The lowest BCUT2D eigenvalue weighted by molar-refractivity contribution is -0.139. The number of nitrogens with one attached hydrogen (secondary N) is 1. The summed E-state index contributed by atoms with van der Waals surface area (Å²) in [5.74, 6) is -0.396. The number of methoxy groups -OCH3 is 1. The number of hydrogen-bond donors (Lipinski definition) is 1. The van der Waals surface area contributed by atoms with Crippen molar-refractivity contribution in [1.82, 2.24) is 10.3 Å². The van der Waals surface area contributed by atoms with Crippen LogP contribution in [0.1, 0.15) is 30.1 Å². The summed E-state index contributed by atoms with van der Waals surface area (Å²) in [6.45, 7) is 1.76. The van der Waals surface area contributed by atoms with Gasteiger partial charge < -0.3 is 10.1 Å². The van der Waals surface area contributed by atoms with E-state index >= 15 is 0 Å². The number of rotatable bonds is 5. The summed E-state index contributed by atoms with van der Waals surface area (Å²) in [4.78, 5) is 28.6. The van der Waals surface area contributed by atoms with Crippen molar-refractivity contribution in [3.63, 3.8) is 0 Å². The number of para-hydroxylation sites is 1. The average Bonchev–Trinajstić information content (AvgIpc) is 3.37. The van der Waals surface area contributed by atoms with Gasteiger partial charge in [0.2, 0.25) is 0 Å².